The molecule has 1 N–H and O–H groups in total. The Morgan fingerprint density at radius 2 is 2.11 bits per heavy atom. The number of ether oxygens (including phenoxy) is 1. The predicted molar refractivity (Wildman–Crippen MR) is 66.5 cm³/mol. The van der Waals surface area contributed by atoms with Crippen LogP contribution in [-0.4, -0.2) is 41.6 Å². The highest BCUT2D eigenvalue weighted by atomic mass is 16.5. The lowest BCUT2D eigenvalue weighted by atomic mass is 10.2. The van der Waals surface area contributed by atoms with Crippen molar-refractivity contribution >= 4 is 11.9 Å². The number of aliphatic carboxylic acids is 1. The molecule has 0 aliphatic carbocycles. The van der Waals surface area contributed by atoms with E-state index in [1.807, 2.05) is 6.07 Å². The SMILES string of the molecule is CC(C(=O)O)N(C)C(=O)COc1ccccc1C#N. The first-order valence-corrected chi connectivity index (χ1v) is 5.57. The van der Waals surface area contributed by atoms with E-state index in [9.17, 15) is 9.59 Å². The highest BCUT2D eigenvalue weighted by Gasteiger charge is 2.22. The number of carboxylic acid groups (broad SMARTS) is 1. The molecular formula is C13H14N2O4. The molecule has 1 aromatic rings. The molecule has 0 aliphatic rings. The van der Waals surface area contributed by atoms with Crippen molar-refractivity contribution in [3.05, 3.63) is 29.8 Å². The van der Waals surface area contributed by atoms with E-state index >= 15 is 0 Å². The van der Waals surface area contributed by atoms with Gasteiger partial charge in [-0.3, -0.25) is 4.79 Å². The molecule has 0 fully saturated rings. The number of nitriles is 1. The number of benzene rings is 1. The topological polar surface area (TPSA) is 90.6 Å². The van der Waals surface area contributed by atoms with Gasteiger partial charge in [-0.05, 0) is 19.1 Å². The van der Waals surface area contributed by atoms with Crippen molar-refractivity contribution < 1.29 is 19.4 Å². The molecule has 6 nitrogen and oxygen atoms in total. The summed E-state index contributed by atoms with van der Waals surface area (Å²) in [5.74, 6) is -1.26. The zero-order valence-electron chi connectivity index (χ0n) is 10.7. The van der Waals surface area contributed by atoms with Crippen LogP contribution in [0.3, 0.4) is 0 Å². The maximum Gasteiger partial charge on any atom is 0.326 e. The van der Waals surface area contributed by atoms with E-state index in [0.717, 1.165) is 4.90 Å². The van der Waals surface area contributed by atoms with E-state index in [4.69, 9.17) is 15.1 Å². The maximum atomic E-state index is 11.7. The number of rotatable bonds is 5. The van der Waals surface area contributed by atoms with Gasteiger partial charge < -0.3 is 14.7 Å². The minimum atomic E-state index is -1.09. The second kappa shape index (κ2) is 6.40. The standard InChI is InChI=1S/C13H14N2O4/c1-9(13(17)18)15(2)12(16)8-19-11-6-4-3-5-10(11)7-14/h3-6,9H,8H2,1-2H3,(H,17,18). The summed E-state index contributed by atoms with van der Waals surface area (Å²) in [7, 11) is 1.39. The lowest BCUT2D eigenvalue weighted by molar-refractivity contribution is -0.148. The Balaban J connectivity index is 2.65. The molecule has 6 heteroatoms. The number of amides is 1. The van der Waals surface area contributed by atoms with Gasteiger partial charge in [0.15, 0.2) is 6.61 Å². The first kappa shape index (κ1) is 14.5. The lowest BCUT2D eigenvalue weighted by Crippen LogP contribution is -2.42. The van der Waals surface area contributed by atoms with Gasteiger partial charge in [-0.15, -0.1) is 0 Å². The molecule has 0 spiro atoms. The molecule has 1 atom stereocenters. The Hall–Kier alpha value is -2.55. The van der Waals surface area contributed by atoms with Gasteiger partial charge in [0.05, 0.1) is 5.56 Å². The fourth-order valence-electron chi connectivity index (χ4n) is 1.31. The summed E-state index contributed by atoms with van der Waals surface area (Å²) in [5.41, 5.74) is 0.323. The molecule has 1 amide bonds. The molecule has 0 aromatic heterocycles. The average molecular weight is 262 g/mol. The van der Waals surface area contributed by atoms with Crippen LogP contribution in [0.5, 0.6) is 5.75 Å². The number of carbonyl (C=O) groups excluding carboxylic acids is 1. The third-order valence-electron chi connectivity index (χ3n) is 2.69. The number of hydrogen-bond acceptors (Lipinski definition) is 4. The number of carbonyl (C=O) groups is 2. The fourth-order valence-corrected chi connectivity index (χ4v) is 1.31. The number of nitrogens with zero attached hydrogens (tertiary/aromatic N) is 2. The van der Waals surface area contributed by atoms with Crippen molar-refractivity contribution in [2.75, 3.05) is 13.7 Å². The zero-order valence-corrected chi connectivity index (χ0v) is 10.7. The Kier molecular flexibility index (Phi) is 4.89. The molecular weight excluding hydrogens is 248 g/mol. The van der Waals surface area contributed by atoms with Crippen LogP contribution in [0.1, 0.15) is 12.5 Å². The summed E-state index contributed by atoms with van der Waals surface area (Å²) in [6.45, 7) is 1.09. The van der Waals surface area contributed by atoms with Crippen LogP contribution >= 0.6 is 0 Å². The smallest absolute Gasteiger partial charge is 0.326 e. The summed E-state index contributed by atoms with van der Waals surface area (Å²) in [6.07, 6.45) is 0. The second-order valence-corrected chi connectivity index (χ2v) is 3.92. The predicted octanol–water partition coefficient (Wildman–Crippen LogP) is 0.869. The summed E-state index contributed by atoms with van der Waals surface area (Å²) in [5, 5.41) is 17.6. The van der Waals surface area contributed by atoms with Crippen LogP contribution in [0.2, 0.25) is 0 Å². The molecule has 1 aromatic carbocycles. The molecule has 0 heterocycles. The molecule has 0 aliphatic heterocycles. The van der Waals surface area contributed by atoms with Gasteiger partial charge in [-0.1, -0.05) is 12.1 Å². The number of para-hydroxylation sites is 1. The van der Waals surface area contributed by atoms with Gasteiger partial charge in [-0.2, -0.15) is 5.26 Å². The maximum absolute atomic E-state index is 11.7. The van der Waals surface area contributed by atoms with E-state index in [2.05, 4.69) is 0 Å². The van der Waals surface area contributed by atoms with Gasteiger partial charge in [0.25, 0.3) is 5.91 Å². The lowest BCUT2D eigenvalue weighted by Gasteiger charge is -2.21. The largest absolute Gasteiger partial charge is 0.482 e. The van der Waals surface area contributed by atoms with Gasteiger partial charge in [-0.25, -0.2) is 4.79 Å². The quantitative estimate of drug-likeness (QED) is 0.850. The molecule has 1 unspecified atom stereocenters. The van der Waals surface area contributed by atoms with E-state index < -0.39 is 17.9 Å². The van der Waals surface area contributed by atoms with Gasteiger partial charge in [0, 0.05) is 7.05 Å². The van der Waals surface area contributed by atoms with E-state index in [1.54, 1.807) is 24.3 Å². The van der Waals surface area contributed by atoms with Crippen molar-refractivity contribution in [3.63, 3.8) is 0 Å². The Morgan fingerprint density at radius 3 is 2.68 bits per heavy atom. The Labute approximate surface area is 110 Å². The average Bonchev–Trinajstić information content (AvgIpc) is 2.43. The van der Waals surface area contributed by atoms with Crippen LogP contribution in [0.25, 0.3) is 0 Å². The van der Waals surface area contributed by atoms with Gasteiger partial charge in [0.2, 0.25) is 0 Å². The summed E-state index contributed by atoms with van der Waals surface area (Å²) in [6, 6.07) is 7.54. The van der Waals surface area contributed by atoms with Crippen LogP contribution in [0.15, 0.2) is 24.3 Å². The van der Waals surface area contributed by atoms with Crippen molar-refractivity contribution in [1.29, 1.82) is 5.26 Å². The fraction of sp³-hybridized carbons (Fsp3) is 0.308. The molecule has 19 heavy (non-hydrogen) atoms. The normalized spacial score (nSPS) is 11.2. The van der Waals surface area contributed by atoms with Gasteiger partial charge in [0.1, 0.15) is 17.9 Å². The van der Waals surface area contributed by atoms with Crippen LogP contribution in [-0.2, 0) is 9.59 Å². The minimum absolute atomic E-state index is 0.301. The van der Waals surface area contributed by atoms with Crippen LogP contribution in [0.4, 0.5) is 0 Å². The van der Waals surface area contributed by atoms with E-state index in [0.29, 0.717) is 11.3 Å². The van der Waals surface area contributed by atoms with Gasteiger partial charge >= 0.3 is 5.97 Å². The zero-order chi connectivity index (χ0) is 14.4. The summed E-state index contributed by atoms with van der Waals surface area (Å²) >= 11 is 0. The highest BCUT2D eigenvalue weighted by Crippen LogP contribution is 2.16. The summed E-state index contributed by atoms with van der Waals surface area (Å²) < 4.78 is 5.23. The Bertz CT molecular complexity index is 522. The molecule has 0 bridgehead atoms. The molecule has 0 saturated heterocycles. The summed E-state index contributed by atoms with van der Waals surface area (Å²) in [4.78, 5) is 23.5. The molecule has 0 saturated carbocycles. The number of likely N-dealkylation sites (N-methyl/N-ethyl adjacent to an activating group) is 1. The molecule has 1 rings (SSSR count). The first-order valence-electron chi connectivity index (χ1n) is 5.57. The van der Waals surface area contributed by atoms with Crippen LogP contribution < -0.4 is 4.74 Å². The second-order valence-electron chi connectivity index (χ2n) is 3.92. The number of hydrogen-bond donors (Lipinski definition) is 1. The molecule has 100 valence electrons. The minimum Gasteiger partial charge on any atom is -0.482 e. The van der Waals surface area contributed by atoms with Crippen molar-refractivity contribution in [3.8, 4) is 11.8 Å². The van der Waals surface area contributed by atoms with E-state index in [1.165, 1.54) is 14.0 Å². The third-order valence-corrected chi connectivity index (χ3v) is 2.69. The molecule has 0 radical (unpaired) electrons. The van der Waals surface area contributed by atoms with Crippen molar-refractivity contribution in [2.45, 2.75) is 13.0 Å². The highest BCUT2D eigenvalue weighted by molar-refractivity contribution is 5.84. The monoisotopic (exact) mass is 262 g/mol. The van der Waals surface area contributed by atoms with E-state index in [-0.39, 0.29) is 6.61 Å². The first-order chi connectivity index (χ1) is 8.97. The third kappa shape index (κ3) is 3.71. The Morgan fingerprint density at radius 1 is 1.47 bits per heavy atom. The number of carboxylic acids is 1. The van der Waals surface area contributed by atoms with Crippen LogP contribution in [0, 0.1) is 11.3 Å². The van der Waals surface area contributed by atoms with Crippen molar-refractivity contribution in [1.82, 2.24) is 4.90 Å². The van der Waals surface area contributed by atoms with Crippen molar-refractivity contribution in [2.24, 2.45) is 0 Å².